The predicted octanol–water partition coefficient (Wildman–Crippen LogP) is 0.940. The summed E-state index contributed by atoms with van der Waals surface area (Å²) >= 11 is 0. The van der Waals surface area contributed by atoms with Gasteiger partial charge in [0.15, 0.2) is 9.84 Å². The van der Waals surface area contributed by atoms with E-state index in [-0.39, 0.29) is 11.7 Å². The molecule has 2 aromatic heterocycles. The van der Waals surface area contributed by atoms with Crippen LogP contribution in [0.3, 0.4) is 0 Å². The van der Waals surface area contributed by atoms with E-state index in [1.165, 1.54) is 0 Å². The molecule has 0 amide bonds. The van der Waals surface area contributed by atoms with E-state index in [9.17, 15) is 8.42 Å². The lowest BCUT2D eigenvalue weighted by molar-refractivity contribution is 0.0572. The highest BCUT2D eigenvalue weighted by Gasteiger charge is 2.61. The summed E-state index contributed by atoms with van der Waals surface area (Å²) in [5.41, 5.74) is 1.14. The van der Waals surface area contributed by atoms with Crippen molar-refractivity contribution >= 4 is 9.84 Å². The second-order valence-corrected chi connectivity index (χ2v) is 9.16. The molecule has 132 valence electrons. The Bertz CT molecular complexity index is 823. The van der Waals surface area contributed by atoms with Gasteiger partial charge in [0.05, 0.1) is 12.4 Å². The van der Waals surface area contributed by atoms with Crippen molar-refractivity contribution < 1.29 is 13.2 Å². The van der Waals surface area contributed by atoms with Gasteiger partial charge in [0.1, 0.15) is 4.75 Å². The molecule has 0 unspecified atom stereocenters. The molecule has 4 heterocycles. The van der Waals surface area contributed by atoms with Gasteiger partial charge in [-0.2, -0.15) is 0 Å². The Labute approximate surface area is 147 Å². The number of hydrogen-bond donors (Lipinski definition) is 0. The van der Waals surface area contributed by atoms with E-state index in [0.717, 1.165) is 12.1 Å². The molecule has 8 heteroatoms. The molecule has 7 nitrogen and oxygen atoms in total. The Morgan fingerprint density at radius 3 is 2.60 bits per heavy atom. The van der Waals surface area contributed by atoms with Crippen LogP contribution in [-0.4, -0.2) is 58.5 Å². The molecule has 2 aliphatic rings. The predicted molar refractivity (Wildman–Crippen MR) is 91.7 cm³/mol. The molecule has 0 bridgehead atoms. The number of aromatic nitrogens is 3. The topological polar surface area (TPSA) is 85.3 Å². The molecule has 25 heavy (non-hydrogen) atoms. The van der Waals surface area contributed by atoms with Gasteiger partial charge in [-0.15, -0.1) is 0 Å². The quantitative estimate of drug-likeness (QED) is 0.784. The first kappa shape index (κ1) is 16.4. The number of sulfone groups is 1. The van der Waals surface area contributed by atoms with E-state index in [2.05, 4.69) is 19.9 Å². The standard InChI is InChI=1S/C17H20N4O3S/c22-25(23)9-4-15(11-24-16-19-5-1-6-20-16)17(25)12-21(13-17)10-14-2-7-18-8-3-14/h1-3,5-8,15H,4,9-13H2/t15-/m0/s1. The van der Waals surface area contributed by atoms with Crippen LogP contribution < -0.4 is 4.74 Å². The molecule has 2 saturated heterocycles. The molecule has 2 fully saturated rings. The van der Waals surface area contributed by atoms with Crippen molar-refractivity contribution in [2.24, 2.45) is 5.92 Å². The molecule has 0 aliphatic carbocycles. The average molecular weight is 360 g/mol. The first-order chi connectivity index (χ1) is 12.1. The summed E-state index contributed by atoms with van der Waals surface area (Å²) in [5.74, 6) is 0.217. The maximum Gasteiger partial charge on any atom is 0.316 e. The van der Waals surface area contributed by atoms with Gasteiger partial charge in [-0.1, -0.05) is 0 Å². The van der Waals surface area contributed by atoms with E-state index >= 15 is 0 Å². The Morgan fingerprint density at radius 2 is 1.88 bits per heavy atom. The van der Waals surface area contributed by atoms with Crippen LogP contribution in [0.15, 0.2) is 43.0 Å². The Kier molecular flexibility index (Phi) is 4.16. The van der Waals surface area contributed by atoms with Crippen LogP contribution in [0, 0.1) is 5.92 Å². The number of ether oxygens (including phenoxy) is 1. The fourth-order valence-corrected chi connectivity index (χ4v) is 6.27. The second-order valence-electron chi connectivity index (χ2n) is 6.71. The maximum absolute atomic E-state index is 12.7. The van der Waals surface area contributed by atoms with Gasteiger partial charge < -0.3 is 4.74 Å². The van der Waals surface area contributed by atoms with Crippen LogP contribution in [0.2, 0.25) is 0 Å². The SMILES string of the molecule is O=S1(=O)CC[C@@H](COc2ncccn2)C12CN(Cc1ccncc1)C2. The highest BCUT2D eigenvalue weighted by atomic mass is 32.2. The third-order valence-corrected chi connectivity index (χ3v) is 7.80. The van der Waals surface area contributed by atoms with Crippen LogP contribution in [0.5, 0.6) is 6.01 Å². The molecular formula is C17H20N4O3S. The summed E-state index contributed by atoms with van der Waals surface area (Å²) in [5, 5.41) is 0. The normalized spacial score (nSPS) is 24.1. The van der Waals surface area contributed by atoms with Crippen molar-refractivity contribution in [2.75, 3.05) is 25.4 Å². The molecule has 0 aromatic carbocycles. The van der Waals surface area contributed by atoms with E-state index in [0.29, 0.717) is 32.1 Å². The largest absolute Gasteiger partial charge is 0.463 e. The molecule has 4 rings (SSSR count). The lowest BCUT2D eigenvalue weighted by Gasteiger charge is -2.49. The van der Waals surface area contributed by atoms with Gasteiger partial charge in [-0.05, 0) is 30.2 Å². The number of rotatable bonds is 5. The van der Waals surface area contributed by atoms with Crippen molar-refractivity contribution in [3.05, 3.63) is 48.5 Å². The van der Waals surface area contributed by atoms with Gasteiger partial charge in [-0.25, -0.2) is 18.4 Å². The zero-order valence-electron chi connectivity index (χ0n) is 13.8. The minimum atomic E-state index is -3.10. The van der Waals surface area contributed by atoms with Crippen LogP contribution >= 0.6 is 0 Å². The van der Waals surface area contributed by atoms with E-state index in [1.54, 1.807) is 30.9 Å². The van der Waals surface area contributed by atoms with E-state index in [4.69, 9.17) is 4.74 Å². The smallest absolute Gasteiger partial charge is 0.316 e. The summed E-state index contributed by atoms with van der Waals surface area (Å²) in [7, 11) is -3.10. The fraction of sp³-hybridized carbons (Fsp3) is 0.471. The number of pyridine rings is 1. The number of hydrogen-bond acceptors (Lipinski definition) is 7. The molecule has 0 radical (unpaired) electrons. The highest BCUT2D eigenvalue weighted by Crippen LogP contribution is 2.45. The van der Waals surface area contributed by atoms with Crippen molar-refractivity contribution in [3.63, 3.8) is 0 Å². The van der Waals surface area contributed by atoms with Gasteiger partial charge in [-0.3, -0.25) is 9.88 Å². The van der Waals surface area contributed by atoms with E-state index < -0.39 is 14.6 Å². The van der Waals surface area contributed by atoms with Gasteiger partial charge in [0, 0.05) is 50.3 Å². The first-order valence-electron chi connectivity index (χ1n) is 8.32. The molecule has 2 aliphatic heterocycles. The summed E-state index contributed by atoms with van der Waals surface area (Å²) in [6.07, 6.45) is 7.38. The number of likely N-dealkylation sites (tertiary alicyclic amines) is 1. The Balaban J connectivity index is 1.43. The van der Waals surface area contributed by atoms with Gasteiger partial charge in [0.25, 0.3) is 0 Å². The minimum absolute atomic E-state index is 0.0185. The van der Waals surface area contributed by atoms with Crippen molar-refractivity contribution in [1.82, 2.24) is 19.9 Å². The average Bonchev–Trinajstić information content (AvgIpc) is 2.86. The molecule has 2 aromatic rings. The summed E-state index contributed by atoms with van der Waals surface area (Å²) in [6, 6.07) is 5.94. The summed E-state index contributed by atoms with van der Waals surface area (Å²) in [6.45, 7) is 2.20. The van der Waals surface area contributed by atoms with Crippen molar-refractivity contribution in [1.29, 1.82) is 0 Å². The van der Waals surface area contributed by atoms with Gasteiger partial charge >= 0.3 is 6.01 Å². The summed E-state index contributed by atoms with van der Waals surface area (Å²) < 4.78 is 30.3. The fourth-order valence-electron chi connectivity index (χ4n) is 3.81. The molecule has 1 spiro atoms. The molecular weight excluding hydrogens is 340 g/mol. The van der Waals surface area contributed by atoms with Gasteiger partial charge in [0.2, 0.25) is 0 Å². The second kappa shape index (κ2) is 6.34. The van der Waals surface area contributed by atoms with Crippen LogP contribution in [0.25, 0.3) is 0 Å². The third-order valence-electron chi connectivity index (χ3n) is 5.19. The van der Waals surface area contributed by atoms with Crippen molar-refractivity contribution in [3.8, 4) is 6.01 Å². The zero-order chi connectivity index (χ0) is 17.3. The maximum atomic E-state index is 12.7. The monoisotopic (exact) mass is 360 g/mol. The van der Waals surface area contributed by atoms with Crippen LogP contribution in [0.4, 0.5) is 0 Å². The van der Waals surface area contributed by atoms with Crippen LogP contribution in [-0.2, 0) is 16.4 Å². The van der Waals surface area contributed by atoms with E-state index in [1.807, 2.05) is 12.1 Å². The Morgan fingerprint density at radius 1 is 1.16 bits per heavy atom. The first-order valence-corrected chi connectivity index (χ1v) is 9.98. The third kappa shape index (κ3) is 3.00. The highest BCUT2D eigenvalue weighted by molar-refractivity contribution is 7.93. The molecule has 0 saturated carbocycles. The summed E-state index contributed by atoms with van der Waals surface area (Å²) in [4.78, 5) is 14.3. The Hall–Kier alpha value is -2.06. The lowest BCUT2D eigenvalue weighted by atomic mass is 9.83. The molecule has 1 atom stereocenters. The lowest BCUT2D eigenvalue weighted by Crippen LogP contribution is -2.67. The number of nitrogens with zero attached hydrogens (tertiary/aromatic N) is 4. The van der Waals surface area contributed by atoms with Crippen LogP contribution in [0.1, 0.15) is 12.0 Å². The van der Waals surface area contributed by atoms with Crippen molar-refractivity contribution in [2.45, 2.75) is 17.7 Å². The minimum Gasteiger partial charge on any atom is -0.463 e. The zero-order valence-corrected chi connectivity index (χ0v) is 14.6. The molecule has 0 N–H and O–H groups in total.